The molecule has 15 heavy (non-hydrogen) atoms. The SMILES string of the molecule is c1ccc2c(CNC3CC3)nccc2c1. The van der Waals surface area contributed by atoms with Gasteiger partial charge in [0.1, 0.15) is 0 Å². The van der Waals surface area contributed by atoms with Crippen LogP contribution in [0.5, 0.6) is 0 Å². The van der Waals surface area contributed by atoms with E-state index in [-0.39, 0.29) is 0 Å². The van der Waals surface area contributed by atoms with E-state index in [0.717, 1.165) is 12.6 Å². The maximum Gasteiger partial charge on any atom is 0.0619 e. The number of nitrogens with zero attached hydrogens (tertiary/aromatic N) is 1. The molecule has 3 rings (SSSR count). The summed E-state index contributed by atoms with van der Waals surface area (Å²) in [6.07, 6.45) is 4.54. The molecule has 0 amide bonds. The Labute approximate surface area is 89.3 Å². The number of benzene rings is 1. The molecule has 0 spiro atoms. The van der Waals surface area contributed by atoms with Gasteiger partial charge in [-0.3, -0.25) is 4.98 Å². The fourth-order valence-electron chi connectivity index (χ4n) is 1.85. The van der Waals surface area contributed by atoms with Crippen LogP contribution in [-0.2, 0) is 6.54 Å². The molecule has 2 heteroatoms. The Hall–Kier alpha value is -1.41. The fraction of sp³-hybridized carbons (Fsp3) is 0.308. The van der Waals surface area contributed by atoms with E-state index in [2.05, 4.69) is 40.6 Å². The molecule has 2 aromatic rings. The summed E-state index contributed by atoms with van der Waals surface area (Å²) in [6.45, 7) is 0.895. The van der Waals surface area contributed by atoms with Gasteiger partial charge in [0.2, 0.25) is 0 Å². The Morgan fingerprint density at radius 1 is 1.20 bits per heavy atom. The third-order valence-electron chi connectivity index (χ3n) is 2.89. The van der Waals surface area contributed by atoms with Crippen molar-refractivity contribution in [3.05, 3.63) is 42.2 Å². The van der Waals surface area contributed by atoms with Crippen LogP contribution in [0.4, 0.5) is 0 Å². The molecule has 1 fully saturated rings. The molecule has 76 valence electrons. The zero-order valence-corrected chi connectivity index (χ0v) is 8.61. The lowest BCUT2D eigenvalue weighted by atomic mass is 10.1. The van der Waals surface area contributed by atoms with Crippen molar-refractivity contribution in [1.29, 1.82) is 0 Å². The zero-order valence-electron chi connectivity index (χ0n) is 8.61. The summed E-state index contributed by atoms with van der Waals surface area (Å²) in [4.78, 5) is 4.44. The topological polar surface area (TPSA) is 24.9 Å². The van der Waals surface area contributed by atoms with Crippen LogP contribution < -0.4 is 5.32 Å². The molecule has 1 heterocycles. The molecule has 1 aliphatic rings. The molecule has 1 aromatic carbocycles. The number of hydrogen-bond donors (Lipinski definition) is 1. The van der Waals surface area contributed by atoms with Gasteiger partial charge in [0.15, 0.2) is 0 Å². The van der Waals surface area contributed by atoms with E-state index >= 15 is 0 Å². The third-order valence-corrected chi connectivity index (χ3v) is 2.89. The van der Waals surface area contributed by atoms with E-state index in [1.165, 1.54) is 29.3 Å². The van der Waals surface area contributed by atoms with Crippen molar-refractivity contribution >= 4 is 10.8 Å². The molecule has 0 saturated heterocycles. The second-order valence-electron chi connectivity index (χ2n) is 4.13. The van der Waals surface area contributed by atoms with E-state index in [9.17, 15) is 0 Å². The maximum absolute atomic E-state index is 4.44. The summed E-state index contributed by atoms with van der Waals surface area (Å²) < 4.78 is 0. The highest BCUT2D eigenvalue weighted by Crippen LogP contribution is 2.21. The summed E-state index contributed by atoms with van der Waals surface area (Å²) >= 11 is 0. The number of pyridine rings is 1. The lowest BCUT2D eigenvalue weighted by molar-refractivity contribution is 0.678. The Bertz CT molecular complexity index is 469. The Morgan fingerprint density at radius 2 is 2.07 bits per heavy atom. The van der Waals surface area contributed by atoms with Crippen LogP contribution in [0, 0.1) is 0 Å². The molecule has 0 bridgehead atoms. The van der Waals surface area contributed by atoms with Crippen LogP contribution in [0.25, 0.3) is 10.8 Å². The van der Waals surface area contributed by atoms with Gasteiger partial charge in [0, 0.05) is 24.2 Å². The van der Waals surface area contributed by atoms with Gasteiger partial charge in [-0.2, -0.15) is 0 Å². The molecule has 0 unspecified atom stereocenters. The standard InChI is InChI=1S/C13H14N2/c1-2-4-12-10(3-1)7-8-14-13(12)9-15-11-5-6-11/h1-4,7-8,11,15H,5-6,9H2. The van der Waals surface area contributed by atoms with Crippen molar-refractivity contribution < 1.29 is 0 Å². The normalized spacial score (nSPS) is 15.7. The van der Waals surface area contributed by atoms with Gasteiger partial charge in [-0.15, -0.1) is 0 Å². The lowest BCUT2D eigenvalue weighted by Crippen LogP contribution is -2.16. The molecule has 0 aliphatic heterocycles. The molecule has 0 radical (unpaired) electrons. The molecular formula is C13H14N2. The summed E-state index contributed by atoms with van der Waals surface area (Å²) in [7, 11) is 0. The van der Waals surface area contributed by atoms with Crippen LogP contribution in [0.1, 0.15) is 18.5 Å². The molecule has 1 aromatic heterocycles. The first-order chi connectivity index (χ1) is 7.43. The van der Waals surface area contributed by atoms with E-state index in [4.69, 9.17) is 0 Å². The Morgan fingerprint density at radius 3 is 2.93 bits per heavy atom. The maximum atomic E-state index is 4.44. The van der Waals surface area contributed by atoms with Gasteiger partial charge in [-0.05, 0) is 24.3 Å². The predicted octanol–water partition coefficient (Wildman–Crippen LogP) is 2.49. The Kier molecular flexibility index (Phi) is 2.14. The monoisotopic (exact) mass is 198 g/mol. The fourth-order valence-corrected chi connectivity index (χ4v) is 1.85. The molecular weight excluding hydrogens is 184 g/mol. The van der Waals surface area contributed by atoms with Crippen molar-refractivity contribution in [2.75, 3.05) is 0 Å². The minimum absolute atomic E-state index is 0.741. The van der Waals surface area contributed by atoms with Gasteiger partial charge in [-0.1, -0.05) is 24.3 Å². The average molecular weight is 198 g/mol. The van der Waals surface area contributed by atoms with Crippen LogP contribution in [-0.4, -0.2) is 11.0 Å². The average Bonchev–Trinajstić information content (AvgIpc) is 3.10. The number of aromatic nitrogens is 1. The highest BCUT2D eigenvalue weighted by atomic mass is 15.0. The zero-order chi connectivity index (χ0) is 10.1. The van der Waals surface area contributed by atoms with E-state index in [0.29, 0.717) is 0 Å². The van der Waals surface area contributed by atoms with Crippen LogP contribution >= 0.6 is 0 Å². The van der Waals surface area contributed by atoms with Crippen molar-refractivity contribution in [3.8, 4) is 0 Å². The van der Waals surface area contributed by atoms with Gasteiger partial charge in [0.05, 0.1) is 5.69 Å². The number of hydrogen-bond acceptors (Lipinski definition) is 2. The first-order valence-electron chi connectivity index (χ1n) is 5.49. The van der Waals surface area contributed by atoms with Gasteiger partial charge in [-0.25, -0.2) is 0 Å². The van der Waals surface area contributed by atoms with E-state index in [1.54, 1.807) is 0 Å². The minimum Gasteiger partial charge on any atom is -0.308 e. The lowest BCUT2D eigenvalue weighted by Gasteiger charge is -2.05. The number of rotatable bonds is 3. The van der Waals surface area contributed by atoms with Crippen molar-refractivity contribution in [2.45, 2.75) is 25.4 Å². The van der Waals surface area contributed by atoms with E-state index in [1.807, 2.05) is 6.20 Å². The van der Waals surface area contributed by atoms with Gasteiger partial charge in [0.25, 0.3) is 0 Å². The number of nitrogens with one attached hydrogen (secondary N) is 1. The van der Waals surface area contributed by atoms with Crippen LogP contribution in [0.15, 0.2) is 36.5 Å². The molecule has 2 nitrogen and oxygen atoms in total. The van der Waals surface area contributed by atoms with Crippen molar-refractivity contribution in [1.82, 2.24) is 10.3 Å². The molecule has 1 N–H and O–H groups in total. The van der Waals surface area contributed by atoms with E-state index < -0.39 is 0 Å². The molecule has 1 saturated carbocycles. The number of fused-ring (bicyclic) bond motifs is 1. The Balaban J connectivity index is 1.93. The van der Waals surface area contributed by atoms with Crippen molar-refractivity contribution in [2.24, 2.45) is 0 Å². The van der Waals surface area contributed by atoms with Gasteiger partial charge < -0.3 is 5.32 Å². The first kappa shape index (κ1) is 8.86. The first-order valence-corrected chi connectivity index (χ1v) is 5.49. The summed E-state index contributed by atoms with van der Waals surface area (Å²) in [6, 6.07) is 11.2. The summed E-state index contributed by atoms with van der Waals surface area (Å²) in [5, 5.41) is 6.05. The largest absolute Gasteiger partial charge is 0.308 e. The van der Waals surface area contributed by atoms with Crippen LogP contribution in [0.3, 0.4) is 0 Å². The quantitative estimate of drug-likeness (QED) is 0.819. The summed E-state index contributed by atoms with van der Waals surface area (Å²) in [5.41, 5.74) is 1.17. The van der Waals surface area contributed by atoms with Gasteiger partial charge >= 0.3 is 0 Å². The van der Waals surface area contributed by atoms with Crippen molar-refractivity contribution in [3.63, 3.8) is 0 Å². The highest BCUT2D eigenvalue weighted by Gasteiger charge is 2.20. The van der Waals surface area contributed by atoms with Crippen LogP contribution in [0.2, 0.25) is 0 Å². The second-order valence-corrected chi connectivity index (χ2v) is 4.13. The molecule has 0 atom stereocenters. The molecule has 1 aliphatic carbocycles. The second kappa shape index (κ2) is 3.63. The third kappa shape index (κ3) is 1.85. The highest BCUT2D eigenvalue weighted by molar-refractivity contribution is 5.84. The minimum atomic E-state index is 0.741. The summed E-state index contributed by atoms with van der Waals surface area (Å²) in [5.74, 6) is 0. The smallest absolute Gasteiger partial charge is 0.0619 e. The predicted molar refractivity (Wildman–Crippen MR) is 61.6 cm³/mol.